The fourth-order valence-corrected chi connectivity index (χ4v) is 2.35. The van der Waals surface area contributed by atoms with Crippen LogP contribution in [0.3, 0.4) is 0 Å². The first-order valence-electron chi connectivity index (χ1n) is 7.01. The van der Waals surface area contributed by atoms with Gasteiger partial charge in [0.15, 0.2) is 0 Å². The van der Waals surface area contributed by atoms with E-state index in [1.807, 2.05) is 7.05 Å². The van der Waals surface area contributed by atoms with Gasteiger partial charge in [0.05, 0.1) is 0 Å². The summed E-state index contributed by atoms with van der Waals surface area (Å²) in [4.78, 5) is 0. The van der Waals surface area contributed by atoms with Crippen molar-refractivity contribution in [2.75, 3.05) is 7.05 Å². The standard InChI is InChI=1S/C18H23N/c1-14(2)16-9-11-17(12-10-16)18(19-3)13-15-7-5-4-6-8-15/h4-12,14,18-19H,13H2,1-3H3. The molecular formula is C18H23N. The van der Waals surface area contributed by atoms with Crippen LogP contribution in [0.2, 0.25) is 0 Å². The Morgan fingerprint density at radius 3 is 1.95 bits per heavy atom. The minimum Gasteiger partial charge on any atom is -0.313 e. The molecule has 1 heteroatoms. The summed E-state index contributed by atoms with van der Waals surface area (Å²) in [5, 5.41) is 3.42. The third-order valence-corrected chi connectivity index (χ3v) is 3.64. The van der Waals surface area contributed by atoms with E-state index in [1.165, 1.54) is 16.7 Å². The molecule has 1 unspecified atom stereocenters. The average molecular weight is 253 g/mol. The molecule has 0 aliphatic carbocycles. The first-order chi connectivity index (χ1) is 9.20. The minimum absolute atomic E-state index is 0.378. The van der Waals surface area contributed by atoms with Crippen molar-refractivity contribution >= 4 is 0 Å². The molecule has 19 heavy (non-hydrogen) atoms. The Balaban J connectivity index is 2.13. The largest absolute Gasteiger partial charge is 0.313 e. The molecule has 0 aliphatic rings. The van der Waals surface area contributed by atoms with Crippen LogP contribution >= 0.6 is 0 Å². The Kier molecular flexibility index (Phi) is 4.75. The summed E-state index contributed by atoms with van der Waals surface area (Å²) in [6.45, 7) is 4.46. The number of rotatable bonds is 5. The third kappa shape index (κ3) is 3.68. The molecule has 0 aliphatic heterocycles. The van der Waals surface area contributed by atoms with E-state index in [1.54, 1.807) is 0 Å². The Morgan fingerprint density at radius 2 is 1.42 bits per heavy atom. The summed E-state index contributed by atoms with van der Waals surface area (Å²) in [7, 11) is 2.03. The molecule has 1 N–H and O–H groups in total. The SMILES string of the molecule is CNC(Cc1ccccc1)c1ccc(C(C)C)cc1. The average Bonchev–Trinajstić information content (AvgIpc) is 2.46. The molecular weight excluding hydrogens is 230 g/mol. The van der Waals surface area contributed by atoms with Crippen LogP contribution in [0.5, 0.6) is 0 Å². The Morgan fingerprint density at radius 1 is 0.842 bits per heavy atom. The summed E-state index contributed by atoms with van der Waals surface area (Å²) in [6.07, 6.45) is 1.03. The highest BCUT2D eigenvalue weighted by Crippen LogP contribution is 2.21. The number of hydrogen-bond acceptors (Lipinski definition) is 1. The van der Waals surface area contributed by atoms with Crippen LogP contribution in [0.1, 0.15) is 42.5 Å². The molecule has 0 fully saturated rings. The lowest BCUT2D eigenvalue weighted by Crippen LogP contribution is -2.18. The summed E-state index contributed by atoms with van der Waals surface area (Å²) in [5.41, 5.74) is 4.13. The zero-order valence-corrected chi connectivity index (χ0v) is 12.1. The van der Waals surface area contributed by atoms with E-state index in [0.717, 1.165) is 6.42 Å². The molecule has 0 bridgehead atoms. The predicted molar refractivity (Wildman–Crippen MR) is 82.5 cm³/mol. The van der Waals surface area contributed by atoms with Crippen molar-refractivity contribution in [3.05, 3.63) is 71.3 Å². The zero-order chi connectivity index (χ0) is 13.7. The van der Waals surface area contributed by atoms with Crippen LogP contribution in [0.15, 0.2) is 54.6 Å². The molecule has 2 aromatic rings. The van der Waals surface area contributed by atoms with Crippen molar-refractivity contribution in [2.24, 2.45) is 0 Å². The maximum atomic E-state index is 3.42. The number of nitrogens with one attached hydrogen (secondary N) is 1. The van der Waals surface area contributed by atoms with Gasteiger partial charge in [-0.1, -0.05) is 68.4 Å². The minimum atomic E-state index is 0.378. The molecule has 0 spiro atoms. The molecule has 1 atom stereocenters. The number of hydrogen-bond donors (Lipinski definition) is 1. The second kappa shape index (κ2) is 6.53. The first-order valence-corrected chi connectivity index (χ1v) is 7.01. The second-order valence-electron chi connectivity index (χ2n) is 5.35. The van der Waals surface area contributed by atoms with Crippen LogP contribution in [0, 0.1) is 0 Å². The monoisotopic (exact) mass is 253 g/mol. The fraction of sp³-hybridized carbons (Fsp3) is 0.333. The van der Waals surface area contributed by atoms with E-state index in [9.17, 15) is 0 Å². The van der Waals surface area contributed by atoms with Gasteiger partial charge in [-0.3, -0.25) is 0 Å². The Hall–Kier alpha value is -1.60. The highest BCUT2D eigenvalue weighted by Gasteiger charge is 2.10. The zero-order valence-electron chi connectivity index (χ0n) is 12.1. The van der Waals surface area contributed by atoms with E-state index in [-0.39, 0.29) is 0 Å². The maximum Gasteiger partial charge on any atom is 0.0358 e. The van der Waals surface area contributed by atoms with Crippen LogP contribution in [0.25, 0.3) is 0 Å². The fourth-order valence-electron chi connectivity index (χ4n) is 2.35. The van der Waals surface area contributed by atoms with Crippen LogP contribution < -0.4 is 5.32 Å². The lowest BCUT2D eigenvalue weighted by Gasteiger charge is -2.17. The smallest absolute Gasteiger partial charge is 0.0358 e. The highest BCUT2D eigenvalue weighted by atomic mass is 14.9. The van der Waals surface area contributed by atoms with Crippen molar-refractivity contribution < 1.29 is 0 Å². The second-order valence-corrected chi connectivity index (χ2v) is 5.35. The van der Waals surface area contributed by atoms with Crippen molar-refractivity contribution in [3.63, 3.8) is 0 Å². The Labute approximate surface area is 116 Å². The van der Waals surface area contributed by atoms with Gasteiger partial charge in [-0.2, -0.15) is 0 Å². The molecule has 100 valence electrons. The number of benzene rings is 2. The molecule has 0 radical (unpaired) electrons. The van der Waals surface area contributed by atoms with Crippen molar-refractivity contribution in [1.29, 1.82) is 0 Å². The van der Waals surface area contributed by atoms with Crippen molar-refractivity contribution in [2.45, 2.75) is 32.2 Å². The summed E-state index contributed by atoms with van der Waals surface area (Å²) in [5.74, 6) is 0.594. The molecule has 2 rings (SSSR count). The molecule has 0 aromatic heterocycles. The lowest BCUT2D eigenvalue weighted by atomic mass is 9.95. The lowest BCUT2D eigenvalue weighted by molar-refractivity contribution is 0.591. The van der Waals surface area contributed by atoms with Gasteiger partial charge >= 0.3 is 0 Å². The summed E-state index contributed by atoms with van der Waals surface area (Å²) < 4.78 is 0. The predicted octanol–water partition coefficient (Wildman–Crippen LogP) is 4.31. The van der Waals surface area contributed by atoms with Crippen LogP contribution in [0.4, 0.5) is 0 Å². The topological polar surface area (TPSA) is 12.0 Å². The molecule has 0 saturated heterocycles. The molecule has 0 amide bonds. The van der Waals surface area contributed by atoms with Gasteiger partial charge in [0.1, 0.15) is 0 Å². The Bertz CT molecular complexity index is 485. The third-order valence-electron chi connectivity index (χ3n) is 3.64. The normalized spacial score (nSPS) is 12.6. The maximum absolute atomic E-state index is 3.42. The first kappa shape index (κ1) is 13.8. The van der Waals surface area contributed by atoms with Gasteiger partial charge in [-0.05, 0) is 36.1 Å². The molecule has 0 saturated carbocycles. The summed E-state index contributed by atoms with van der Waals surface area (Å²) >= 11 is 0. The van der Waals surface area contributed by atoms with E-state index in [0.29, 0.717) is 12.0 Å². The van der Waals surface area contributed by atoms with E-state index >= 15 is 0 Å². The molecule has 1 nitrogen and oxygen atoms in total. The van der Waals surface area contributed by atoms with E-state index in [2.05, 4.69) is 73.8 Å². The van der Waals surface area contributed by atoms with Crippen LogP contribution in [-0.2, 0) is 6.42 Å². The van der Waals surface area contributed by atoms with Gasteiger partial charge in [-0.15, -0.1) is 0 Å². The molecule has 0 heterocycles. The van der Waals surface area contributed by atoms with Gasteiger partial charge in [-0.25, -0.2) is 0 Å². The van der Waals surface area contributed by atoms with Gasteiger partial charge in [0, 0.05) is 6.04 Å². The summed E-state index contributed by atoms with van der Waals surface area (Å²) in [6, 6.07) is 20.0. The quantitative estimate of drug-likeness (QED) is 0.837. The van der Waals surface area contributed by atoms with E-state index < -0.39 is 0 Å². The van der Waals surface area contributed by atoms with Gasteiger partial charge in [0.2, 0.25) is 0 Å². The van der Waals surface area contributed by atoms with Gasteiger partial charge < -0.3 is 5.32 Å². The van der Waals surface area contributed by atoms with Crippen molar-refractivity contribution in [1.82, 2.24) is 5.32 Å². The van der Waals surface area contributed by atoms with Crippen molar-refractivity contribution in [3.8, 4) is 0 Å². The van der Waals surface area contributed by atoms with Crippen LogP contribution in [-0.4, -0.2) is 7.05 Å². The van der Waals surface area contributed by atoms with E-state index in [4.69, 9.17) is 0 Å². The van der Waals surface area contributed by atoms with Gasteiger partial charge in [0.25, 0.3) is 0 Å². The highest BCUT2D eigenvalue weighted by molar-refractivity contribution is 5.28. The number of likely N-dealkylation sites (N-methyl/N-ethyl adjacent to an activating group) is 1. The molecule has 2 aromatic carbocycles.